The Balaban J connectivity index is 2.02. The molecule has 0 aromatic carbocycles. The first-order chi connectivity index (χ1) is 7.75. The molecule has 0 saturated carbocycles. The van der Waals surface area contributed by atoms with Gasteiger partial charge in [-0.05, 0) is 24.3 Å². The Morgan fingerprint density at radius 3 is 3.19 bits per heavy atom. The Hall–Kier alpha value is -1.62. The topological polar surface area (TPSA) is 66.0 Å². The zero-order chi connectivity index (χ0) is 11.1. The first-order valence-corrected chi connectivity index (χ1v) is 5.99. The van der Waals surface area contributed by atoms with Crippen LogP contribution < -0.4 is 0 Å². The molecule has 0 bridgehead atoms. The van der Waals surface area contributed by atoms with Crippen LogP contribution in [0.3, 0.4) is 0 Å². The quantitative estimate of drug-likeness (QED) is 0.837. The highest BCUT2D eigenvalue weighted by Crippen LogP contribution is 2.34. The number of H-pyrrole nitrogens is 1. The second-order valence-electron chi connectivity index (χ2n) is 3.86. The molecule has 0 aliphatic heterocycles. The van der Waals surface area contributed by atoms with Gasteiger partial charge in [-0.15, -0.1) is 11.3 Å². The van der Waals surface area contributed by atoms with E-state index in [-0.39, 0.29) is 0 Å². The lowest BCUT2D eigenvalue weighted by Gasteiger charge is -2.00. The minimum Gasteiger partial charge on any atom is -0.481 e. The van der Waals surface area contributed by atoms with E-state index in [1.807, 2.05) is 17.5 Å². The zero-order valence-electron chi connectivity index (χ0n) is 8.43. The molecule has 1 aliphatic rings. The lowest BCUT2D eigenvalue weighted by Crippen LogP contribution is -2.08. The molecule has 4 nitrogen and oxygen atoms in total. The number of hydrogen-bond donors (Lipinski definition) is 2. The molecular formula is C11H10N2O2S. The Morgan fingerprint density at radius 1 is 1.62 bits per heavy atom. The third kappa shape index (κ3) is 1.36. The van der Waals surface area contributed by atoms with Gasteiger partial charge in [0.2, 0.25) is 0 Å². The molecule has 16 heavy (non-hydrogen) atoms. The molecule has 1 unspecified atom stereocenters. The Morgan fingerprint density at radius 2 is 2.50 bits per heavy atom. The van der Waals surface area contributed by atoms with Gasteiger partial charge >= 0.3 is 5.97 Å². The maximum atomic E-state index is 11.0. The summed E-state index contributed by atoms with van der Waals surface area (Å²) in [6.45, 7) is 0. The van der Waals surface area contributed by atoms with Crippen molar-refractivity contribution < 1.29 is 9.90 Å². The normalized spacial score (nSPS) is 18.6. The summed E-state index contributed by atoms with van der Waals surface area (Å²) in [6, 6.07) is 3.94. The molecule has 2 N–H and O–H groups in total. The van der Waals surface area contributed by atoms with E-state index in [4.69, 9.17) is 5.11 Å². The van der Waals surface area contributed by atoms with Crippen LogP contribution >= 0.6 is 11.3 Å². The number of aliphatic carboxylic acids is 1. The third-order valence-corrected chi connectivity index (χ3v) is 3.75. The number of carbonyl (C=O) groups is 1. The molecule has 0 fully saturated rings. The lowest BCUT2D eigenvalue weighted by molar-refractivity contribution is -0.138. The fourth-order valence-corrected chi connectivity index (χ4v) is 2.77. The minimum atomic E-state index is -0.775. The molecular weight excluding hydrogens is 224 g/mol. The van der Waals surface area contributed by atoms with Crippen LogP contribution in [0.1, 0.15) is 23.7 Å². The zero-order valence-corrected chi connectivity index (χ0v) is 9.25. The van der Waals surface area contributed by atoms with E-state index in [1.54, 1.807) is 11.3 Å². The highest BCUT2D eigenvalue weighted by atomic mass is 32.1. The number of fused-ring (bicyclic) bond motifs is 1. The average molecular weight is 234 g/mol. The van der Waals surface area contributed by atoms with Gasteiger partial charge in [-0.2, -0.15) is 0 Å². The largest absolute Gasteiger partial charge is 0.481 e. The second-order valence-corrected chi connectivity index (χ2v) is 4.80. The van der Waals surface area contributed by atoms with Crippen molar-refractivity contribution in [3.8, 4) is 10.7 Å². The Bertz CT molecular complexity index is 530. The van der Waals surface area contributed by atoms with Crippen molar-refractivity contribution >= 4 is 17.3 Å². The van der Waals surface area contributed by atoms with Gasteiger partial charge in [0.25, 0.3) is 0 Å². The van der Waals surface area contributed by atoms with Gasteiger partial charge in [0.05, 0.1) is 10.6 Å². The maximum absolute atomic E-state index is 11.0. The van der Waals surface area contributed by atoms with Crippen molar-refractivity contribution in [2.24, 2.45) is 0 Å². The standard InChI is InChI=1S/C11H10N2O2S/c14-11(15)6-3-4-7-9(6)13-10(12-7)8-2-1-5-16-8/h1-2,5-6H,3-4H2,(H,12,13)(H,14,15). The first-order valence-electron chi connectivity index (χ1n) is 5.11. The molecule has 1 aliphatic carbocycles. The number of nitrogens with one attached hydrogen (secondary N) is 1. The average Bonchev–Trinajstić information content (AvgIpc) is 2.92. The Labute approximate surface area is 96.0 Å². The van der Waals surface area contributed by atoms with Crippen molar-refractivity contribution in [3.05, 3.63) is 28.9 Å². The van der Waals surface area contributed by atoms with Crippen LogP contribution in [0.25, 0.3) is 10.7 Å². The van der Waals surface area contributed by atoms with Crippen LogP contribution in [0.15, 0.2) is 17.5 Å². The van der Waals surface area contributed by atoms with Crippen LogP contribution in [0.4, 0.5) is 0 Å². The summed E-state index contributed by atoms with van der Waals surface area (Å²) in [5.74, 6) is -0.408. The van der Waals surface area contributed by atoms with Gasteiger partial charge in [-0.1, -0.05) is 6.07 Å². The molecule has 0 saturated heterocycles. The van der Waals surface area contributed by atoms with E-state index in [9.17, 15) is 4.79 Å². The summed E-state index contributed by atoms with van der Waals surface area (Å²) in [6.07, 6.45) is 1.44. The van der Waals surface area contributed by atoms with Gasteiger partial charge in [0.15, 0.2) is 0 Å². The Kier molecular flexibility index (Phi) is 2.07. The molecule has 1 atom stereocenters. The number of imidazole rings is 1. The van der Waals surface area contributed by atoms with Crippen LogP contribution in [0.2, 0.25) is 0 Å². The molecule has 2 aromatic rings. The predicted molar refractivity (Wildman–Crippen MR) is 60.6 cm³/mol. The lowest BCUT2D eigenvalue weighted by atomic mass is 10.1. The van der Waals surface area contributed by atoms with E-state index >= 15 is 0 Å². The summed E-state index contributed by atoms with van der Waals surface area (Å²) in [4.78, 5) is 19.7. The van der Waals surface area contributed by atoms with E-state index in [0.29, 0.717) is 6.42 Å². The summed E-state index contributed by atoms with van der Waals surface area (Å²) >= 11 is 1.60. The number of aryl methyl sites for hydroxylation is 1. The van der Waals surface area contributed by atoms with Crippen molar-refractivity contribution in [3.63, 3.8) is 0 Å². The molecule has 2 aromatic heterocycles. The first kappa shape index (κ1) is 9.59. The molecule has 0 radical (unpaired) electrons. The summed E-state index contributed by atoms with van der Waals surface area (Å²) in [7, 11) is 0. The predicted octanol–water partition coefficient (Wildman–Crippen LogP) is 2.25. The summed E-state index contributed by atoms with van der Waals surface area (Å²) in [5.41, 5.74) is 1.70. The molecule has 0 amide bonds. The number of rotatable bonds is 2. The maximum Gasteiger partial charge on any atom is 0.312 e. The van der Waals surface area contributed by atoms with Gasteiger partial charge in [-0.3, -0.25) is 4.79 Å². The van der Waals surface area contributed by atoms with Crippen LogP contribution in [0.5, 0.6) is 0 Å². The molecule has 3 rings (SSSR count). The number of thiophene rings is 1. The smallest absolute Gasteiger partial charge is 0.312 e. The van der Waals surface area contributed by atoms with Gasteiger partial charge < -0.3 is 10.1 Å². The monoisotopic (exact) mass is 234 g/mol. The molecule has 2 heterocycles. The van der Waals surface area contributed by atoms with E-state index in [2.05, 4.69) is 9.97 Å². The summed E-state index contributed by atoms with van der Waals surface area (Å²) < 4.78 is 0. The number of aromatic amines is 1. The van der Waals surface area contributed by atoms with Crippen LogP contribution in [0, 0.1) is 0 Å². The van der Waals surface area contributed by atoms with Gasteiger partial charge in [0.1, 0.15) is 11.7 Å². The number of aromatic nitrogens is 2. The van der Waals surface area contributed by atoms with Crippen LogP contribution in [-0.4, -0.2) is 21.0 Å². The minimum absolute atomic E-state index is 0.431. The fraction of sp³-hybridized carbons (Fsp3) is 0.273. The van der Waals surface area contributed by atoms with E-state index < -0.39 is 11.9 Å². The highest BCUT2D eigenvalue weighted by Gasteiger charge is 2.32. The SMILES string of the molecule is O=C(O)C1CCc2[nH]c(-c3cccs3)nc21. The van der Waals surface area contributed by atoms with Gasteiger partial charge in [-0.25, -0.2) is 4.98 Å². The molecule has 82 valence electrons. The third-order valence-electron chi connectivity index (χ3n) is 2.88. The highest BCUT2D eigenvalue weighted by molar-refractivity contribution is 7.13. The van der Waals surface area contributed by atoms with E-state index in [1.165, 1.54) is 0 Å². The summed E-state index contributed by atoms with van der Waals surface area (Å²) in [5, 5.41) is 11.0. The fourth-order valence-electron chi connectivity index (χ4n) is 2.10. The molecule has 5 heteroatoms. The molecule has 0 spiro atoms. The number of nitrogens with zero attached hydrogens (tertiary/aromatic N) is 1. The van der Waals surface area contributed by atoms with Gasteiger partial charge in [0, 0.05) is 5.69 Å². The van der Waals surface area contributed by atoms with E-state index in [0.717, 1.165) is 28.5 Å². The number of carboxylic acid groups (broad SMARTS) is 1. The number of carboxylic acids is 1. The second kappa shape index (κ2) is 3.45. The van der Waals surface area contributed by atoms with Crippen molar-refractivity contribution in [1.29, 1.82) is 0 Å². The van der Waals surface area contributed by atoms with Crippen molar-refractivity contribution in [1.82, 2.24) is 9.97 Å². The van der Waals surface area contributed by atoms with Crippen LogP contribution in [-0.2, 0) is 11.2 Å². The number of hydrogen-bond acceptors (Lipinski definition) is 3. The van der Waals surface area contributed by atoms with Crippen molar-refractivity contribution in [2.45, 2.75) is 18.8 Å². The van der Waals surface area contributed by atoms with Crippen molar-refractivity contribution in [2.75, 3.05) is 0 Å².